The second-order valence-corrected chi connectivity index (χ2v) is 4.06. The molecule has 0 aromatic heterocycles. The fourth-order valence-corrected chi connectivity index (χ4v) is 1.81. The molecule has 1 aromatic carbocycles. The van der Waals surface area contributed by atoms with Crippen molar-refractivity contribution in [1.82, 2.24) is 5.32 Å². The topological polar surface area (TPSA) is 55.4 Å². The number of carbonyl (C=O) groups excluding carboxylic acids is 2. The molecule has 1 radical (unpaired) electrons. The summed E-state index contributed by atoms with van der Waals surface area (Å²) in [5.74, 6) is -0.148. The van der Waals surface area contributed by atoms with Crippen molar-refractivity contribution in [2.45, 2.75) is 6.10 Å². The van der Waals surface area contributed by atoms with Gasteiger partial charge in [0.1, 0.15) is 6.10 Å². The zero-order valence-corrected chi connectivity index (χ0v) is 9.94. The molecule has 1 unspecified atom stereocenters. The molecule has 4 nitrogen and oxygen atoms in total. The van der Waals surface area contributed by atoms with Crippen molar-refractivity contribution in [3.05, 3.63) is 42.0 Å². The number of morpholine rings is 1. The van der Waals surface area contributed by atoms with Gasteiger partial charge in [-0.2, -0.15) is 0 Å². The molecule has 0 aliphatic carbocycles. The van der Waals surface area contributed by atoms with Crippen molar-refractivity contribution in [1.29, 1.82) is 0 Å². The lowest BCUT2D eigenvalue weighted by Crippen LogP contribution is -2.43. The maximum absolute atomic E-state index is 12.1. The highest BCUT2D eigenvalue weighted by atomic mass is 16.5. The number of hydrogen-bond acceptors (Lipinski definition) is 4. The Labute approximate surface area is 106 Å². The number of Topliss-reactive ketones (excluding diaryl/α,β-unsaturated/α-hetero) is 1. The van der Waals surface area contributed by atoms with Crippen LogP contribution in [0.3, 0.4) is 0 Å². The molecule has 0 spiro atoms. The molecule has 0 amide bonds. The van der Waals surface area contributed by atoms with Gasteiger partial charge in [-0.25, -0.2) is 0 Å². The lowest BCUT2D eigenvalue weighted by Gasteiger charge is -2.23. The van der Waals surface area contributed by atoms with E-state index in [-0.39, 0.29) is 5.78 Å². The largest absolute Gasteiger partial charge is 0.367 e. The van der Waals surface area contributed by atoms with Gasteiger partial charge in [-0.1, -0.05) is 18.7 Å². The van der Waals surface area contributed by atoms with Crippen LogP contribution in [-0.4, -0.2) is 37.9 Å². The van der Waals surface area contributed by atoms with E-state index in [1.54, 1.807) is 18.2 Å². The Bertz CT molecular complexity index is 476. The quantitative estimate of drug-likeness (QED) is 0.630. The smallest absolute Gasteiger partial charge is 0.192 e. The molecule has 93 valence electrons. The van der Waals surface area contributed by atoms with E-state index in [9.17, 15) is 9.59 Å². The Hall–Kier alpha value is -1.78. The Kier molecular flexibility index (Phi) is 4.02. The van der Waals surface area contributed by atoms with Crippen LogP contribution >= 0.6 is 0 Å². The molecule has 1 atom stereocenters. The molecule has 1 aromatic rings. The van der Waals surface area contributed by atoms with Crippen LogP contribution in [0.15, 0.2) is 24.8 Å². The average Bonchev–Trinajstić information content (AvgIpc) is 2.46. The summed E-state index contributed by atoms with van der Waals surface area (Å²) in [6, 6.07) is 7.69. The van der Waals surface area contributed by atoms with Crippen molar-refractivity contribution in [2.24, 2.45) is 0 Å². The van der Waals surface area contributed by atoms with Gasteiger partial charge in [-0.15, -0.1) is 0 Å². The van der Waals surface area contributed by atoms with E-state index in [0.717, 1.165) is 6.54 Å². The van der Waals surface area contributed by atoms with Crippen LogP contribution in [0.4, 0.5) is 0 Å². The Morgan fingerprint density at radius 2 is 2.44 bits per heavy atom. The molecular weight excluding hydrogens is 230 g/mol. The summed E-state index contributed by atoms with van der Waals surface area (Å²) in [4.78, 5) is 22.8. The highest BCUT2D eigenvalue weighted by Crippen LogP contribution is 2.17. The first-order valence-electron chi connectivity index (χ1n) is 5.75. The predicted octanol–water partition coefficient (Wildman–Crippen LogP) is 0.870. The third-order valence-electron chi connectivity index (χ3n) is 2.82. The van der Waals surface area contributed by atoms with E-state index < -0.39 is 6.10 Å². The van der Waals surface area contributed by atoms with Gasteiger partial charge in [0.25, 0.3) is 0 Å². The van der Waals surface area contributed by atoms with Crippen LogP contribution in [0, 0.1) is 6.07 Å². The zero-order valence-electron chi connectivity index (χ0n) is 9.94. The Balaban J connectivity index is 2.14. The summed E-state index contributed by atoms with van der Waals surface area (Å²) in [6.07, 6.45) is 0.204. The normalized spacial score (nSPS) is 19.2. The van der Waals surface area contributed by atoms with Gasteiger partial charge in [0.15, 0.2) is 12.1 Å². The fraction of sp³-hybridized carbons (Fsp3) is 0.286. The minimum absolute atomic E-state index is 0.148. The minimum atomic E-state index is -0.491. The van der Waals surface area contributed by atoms with Gasteiger partial charge in [0.05, 0.1) is 6.61 Å². The van der Waals surface area contributed by atoms with Crippen molar-refractivity contribution in [2.75, 3.05) is 19.7 Å². The molecule has 1 aliphatic rings. The van der Waals surface area contributed by atoms with E-state index >= 15 is 0 Å². The van der Waals surface area contributed by atoms with Gasteiger partial charge in [0, 0.05) is 24.2 Å². The summed E-state index contributed by atoms with van der Waals surface area (Å²) < 4.78 is 5.39. The van der Waals surface area contributed by atoms with Crippen LogP contribution in [0.2, 0.25) is 0 Å². The molecule has 1 fully saturated rings. The van der Waals surface area contributed by atoms with E-state index in [0.29, 0.717) is 36.1 Å². The van der Waals surface area contributed by atoms with Crippen molar-refractivity contribution in [3.8, 4) is 0 Å². The molecule has 1 aliphatic heterocycles. The molecule has 0 bridgehead atoms. The van der Waals surface area contributed by atoms with Gasteiger partial charge >= 0.3 is 0 Å². The fourth-order valence-electron chi connectivity index (χ4n) is 1.81. The van der Waals surface area contributed by atoms with Crippen LogP contribution in [0.1, 0.15) is 15.9 Å². The Morgan fingerprint density at radius 3 is 3.11 bits per heavy atom. The number of ketones is 1. The molecule has 1 heterocycles. The van der Waals surface area contributed by atoms with Crippen molar-refractivity contribution < 1.29 is 14.3 Å². The van der Waals surface area contributed by atoms with Crippen LogP contribution in [0.25, 0.3) is 5.57 Å². The van der Waals surface area contributed by atoms with Crippen LogP contribution in [0.5, 0.6) is 0 Å². The maximum Gasteiger partial charge on any atom is 0.192 e. The summed E-state index contributed by atoms with van der Waals surface area (Å²) in [7, 11) is 0. The monoisotopic (exact) mass is 244 g/mol. The standard InChI is InChI=1S/C14H14NO3/c1-10(12-4-2-3-11(7-12)9-16)14(17)13-8-15-5-6-18-13/h2,4,7,9,13,15H,1,5-6,8H2. The second kappa shape index (κ2) is 5.71. The van der Waals surface area contributed by atoms with Gasteiger partial charge < -0.3 is 10.1 Å². The first-order valence-corrected chi connectivity index (χ1v) is 5.75. The maximum atomic E-state index is 12.1. The van der Waals surface area contributed by atoms with Crippen LogP contribution in [-0.2, 0) is 9.53 Å². The third-order valence-corrected chi connectivity index (χ3v) is 2.82. The number of nitrogens with one attached hydrogen (secondary N) is 1. The highest BCUT2D eigenvalue weighted by molar-refractivity contribution is 6.22. The first-order chi connectivity index (χ1) is 8.72. The number of aldehydes is 1. The van der Waals surface area contributed by atoms with E-state index in [1.807, 2.05) is 0 Å². The van der Waals surface area contributed by atoms with Gasteiger partial charge in [-0.3, -0.25) is 9.59 Å². The van der Waals surface area contributed by atoms with E-state index in [1.165, 1.54) is 0 Å². The molecular formula is C14H14NO3. The third kappa shape index (κ3) is 2.72. The molecule has 18 heavy (non-hydrogen) atoms. The SMILES string of the molecule is C=C(C(=O)C1CNCCO1)c1cc[c]c(C=O)c1. The van der Waals surface area contributed by atoms with E-state index in [2.05, 4.69) is 18.0 Å². The lowest BCUT2D eigenvalue weighted by atomic mass is 9.98. The molecule has 0 saturated carbocycles. The molecule has 2 rings (SSSR count). The summed E-state index contributed by atoms with van der Waals surface area (Å²) in [6.45, 7) is 5.56. The number of hydrogen-bond donors (Lipinski definition) is 1. The van der Waals surface area contributed by atoms with Gasteiger partial charge in [-0.05, 0) is 17.7 Å². The molecule has 1 N–H and O–H groups in total. The number of carbonyl (C=O) groups is 2. The van der Waals surface area contributed by atoms with Crippen LogP contribution < -0.4 is 5.32 Å². The number of rotatable bonds is 4. The van der Waals surface area contributed by atoms with Gasteiger partial charge in [0.2, 0.25) is 0 Å². The number of benzene rings is 1. The zero-order chi connectivity index (χ0) is 13.0. The second-order valence-electron chi connectivity index (χ2n) is 4.06. The average molecular weight is 244 g/mol. The number of ether oxygens (including phenoxy) is 1. The van der Waals surface area contributed by atoms with Crippen molar-refractivity contribution >= 4 is 17.6 Å². The minimum Gasteiger partial charge on any atom is -0.367 e. The molecule has 1 saturated heterocycles. The predicted molar refractivity (Wildman–Crippen MR) is 67.3 cm³/mol. The molecule has 4 heteroatoms. The van der Waals surface area contributed by atoms with Crippen molar-refractivity contribution in [3.63, 3.8) is 0 Å². The Morgan fingerprint density at radius 1 is 1.61 bits per heavy atom. The summed E-state index contributed by atoms with van der Waals surface area (Å²) in [5.41, 5.74) is 1.40. The lowest BCUT2D eigenvalue weighted by molar-refractivity contribution is -0.126. The summed E-state index contributed by atoms with van der Waals surface area (Å²) in [5, 5.41) is 3.10. The first kappa shape index (κ1) is 12.7. The summed E-state index contributed by atoms with van der Waals surface area (Å²) >= 11 is 0. The van der Waals surface area contributed by atoms with E-state index in [4.69, 9.17) is 4.74 Å². The highest BCUT2D eigenvalue weighted by Gasteiger charge is 2.24.